The summed E-state index contributed by atoms with van der Waals surface area (Å²) in [5, 5.41) is 9.83. The van der Waals surface area contributed by atoms with Crippen molar-refractivity contribution < 1.29 is 14.7 Å². The van der Waals surface area contributed by atoms with E-state index in [-0.39, 0.29) is 17.6 Å². The molecule has 3 fully saturated rings. The van der Waals surface area contributed by atoms with Crippen LogP contribution >= 0.6 is 0 Å². The first-order chi connectivity index (χ1) is 15.9. The van der Waals surface area contributed by atoms with Gasteiger partial charge in [-0.3, -0.25) is 9.59 Å². The number of aromatic nitrogens is 1. The van der Waals surface area contributed by atoms with Crippen molar-refractivity contribution in [3.63, 3.8) is 0 Å². The maximum Gasteiger partial charge on any atom is 0.248 e. The zero-order chi connectivity index (χ0) is 23.0. The number of piperidine rings is 1. The zero-order valence-electron chi connectivity index (χ0n) is 18.9. The van der Waals surface area contributed by atoms with Crippen molar-refractivity contribution in [3.8, 4) is 11.1 Å². The fraction of sp³-hybridized carbons (Fsp3) is 0.500. The predicted molar refractivity (Wildman–Crippen MR) is 127 cm³/mol. The number of nitrogens with zero attached hydrogens (tertiary/aromatic N) is 3. The maximum absolute atomic E-state index is 13.5. The van der Waals surface area contributed by atoms with E-state index in [1.165, 1.54) is 0 Å². The summed E-state index contributed by atoms with van der Waals surface area (Å²) in [6.07, 6.45) is 7.86. The van der Waals surface area contributed by atoms with Gasteiger partial charge in [0.05, 0.1) is 11.5 Å². The van der Waals surface area contributed by atoms with Crippen molar-refractivity contribution in [2.45, 2.75) is 57.1 Å². The third kappa shape index (κ3) is 4.22. The number of primary amides is 1. The molecular weight excluding hydrogens is 416 g/mol. The van der Waals surface area contributed by atoms with Crippen LogP contribution in [0.2, 0.25) is 0 Å². The van der Waals surface area contributed by atoms with Crippen LogP contribution < -0.4 is 10.6 Å². The molecule has 3 N–H and O–H groups in total. The number of hydrogen-bond acceptors (Lipinski definition) is 5. The quantitative estimate of drug-likeness (QED) is 0.749. The van der Waals surface area contributed by atoms with Gasteiger partial charge in [-0.15, -0.1) is 0 Å². The fourth-order valence-corrected chi connectivity index (χ4v) is 5.87. The molecule has 2 aliphatic heterocycles. The Balaban J connectivity index is 1.30. The summed E-state index contributed by atoms with van der Waals surface area (Å²) in [5.41, 5.74) is 7.40. The third-order valence-corrected chi connectivity index (χ3v) is 7.78. The Morgan fingerprint density at radius 3 is 2.61 bits per heavy atom. The summed E-state index contributed by atoms with van der Waals surface area (Å²) in [6, 6.07) is 11.6. The summed E-state index contributed by atoms with van der Waals surface area (Å²) in [7, 11) is 0. The lowest BCUT2D eigenvalue weighted by molar-refractivity contribution is -0.139. The standard InChI is InChI=1S/C26H32N4O3/c27-24(32)19-4-1-3-18(15-19)20-5-10-23(28-16-20)29-13-2-11-26(17-29)12-14-30(25(26)33)21-6-8-22(31)9-7-21/h1,3-5,10,15-16,21-22,31H,2,6-9,11-14,17H2,(H2,27,32)/t21?,22?,26-/m1/s1. The summed E-state index contributed by atoms with van der Waals surface area (Å²) in [4.78, 5) is 34.1. The van der Waals surface area contributed by atoms with Crippen LogP contribution in [0, 0.1) is 5.41 Å². The number of likely N-dealkylation sites (tertiary alicyclic amines) is 1. The van der Waals surface area contributed by atoms with Gasteiger partial charge in [0.1, 0.15) is 5.82 Å². The minimum atomic E-state index is -0.445. The van der Waals surface area contributed by atoms with Crippen molar-refractivity contribution in [3.05, 3.63) is 48.2 Å². The minimum absolute atomic E-state index is 0.203. The van der Waals surface area contributed by atoms with E-state index in [9.17, 15) is 14.7 Å². The lowest BCUT2D eigenvalue weighted by atomic mass is 9.78. The molecule has 1 aromatic heterocycles. The highest BCUT2D eigenvalue weighted by Gasteiger charge is 2.50. The van der Waals surface area contributed by atoms with Gasteiger partial charge in [0.25, 0.3) is 0 Å². The van der Waals surface area contributed by atoms with E-state index in [1.54, 1.807) is 12.1 Å². The molecule has 2 saturated heterocycles. The molecule has 2 aromatic rings. The van der Waals surface area contributed by atoms with E-state index in [0.717, 1.165) is 75.0 Å². The molecule has 33 heavy (non-hydrogen) atoms. The molecular formula is C26H32N4O3. The Morgan fingerprint density at radius 2 is 1.88 bits per heavy atom. The van der Waals surface area contributed by atoms with Crippen LogP contribution in [0.5, 0.6) is 0 Å². The highest BCUT2D eigenvalue weighted by Crippen LogP contribution is 2.43. The summed E-state index contributed by atoms with van der Waals surface area (Å²) in [5.74, 6) is 0.740. The average molecular weight is 449 g/mol. The number of pyridine rings is 1. The van der Waals surface area contributed by atoms with E-state index < -0.39 is 5.91 Å². The normalized spacial score (nSPS) is 27.8. The SMILES string of the molecule is NC(=O)c1cccc(-c2ccc(N3CCC[C@@]4(CCN(C5CCC(O)CC5)C4=O)C3)nc2)c1. The number of nitrogens with two attached hydrogens (primary N) is 1. The molecule has 7 heteroatoms. The Kier molecular flexibility index (Phi) is 5.83. The summed E-state index contributed by atoms with van der Waals surface area (Å²) in [6.45, 7) is 2.44. The Bertz CT molecular complexity index is 1030. The molecule has 1 aliphatic carbocycles. The van der Waals surface area contributed by atoms with E-state index >= 15 is 0 Å². The highest BCUT2D eigenvalue weighted by atomic mass is 16.3. The van der Waals surface area contributed by atoms with Crippen molar-refractivity contribution in [1.29, 1.82) is 0 Å². The lowest BCUT2D eigenvalue weighted by Gasteiger charge is -2.41. The number of hydrogen-bond donors (Lipinski definition) is 2. The second kappa shape index (κ2) is 8.78. The minimum Gasteiger partial charge on any atom is -0.393 e. The molecule has 5 rings (SSSR count). The average Bonchev–Trinajstić information content (AvgIpc) is 3.15. The van der Waals surface area contributed by atoms with Crippen LogP contribution in [0.3, 0.4) is 0 Å². The second-order valence-electron chi connectivity index (χ2n) is 9.87. The number of carbonyl (C=O) groups excluding carboxylic acids is 2. The largest absolute Gasteiger partial charge is 0.393 e. The zero-order valence-corrected chi connectivity index (χ0v) is 18.9. The Labute approximate surface area is 194 Å². The van der Waals surface area contributed by atoms with Gasteiger partial charge in [0.2, 0.25) is 11.8 Å². The van der Waals surface area contributed by atoms with Crippen LogP contribution in [0.25, 0.3) is 11.1 Å². The van der Waals surface area contributed by atoms with Gasteiger partial charge in [-0.2, -0.15) is 0 Å². The van der Waals surface area contributed by atoms with Gasteiger partial charge < -0.3 is 20.6 Å². The molecule has 1 spiro atoms. The molecule has 174 valence electrons. The summed E-state index contributed by atoms with van der Waals surface area (Å²) >= 11 is 0. The first-order valence-electron chi connectivity index (χ1n) is 12.1. The number of anilines is 1. The first-order valence-corrected chi connectivity index (χ1v) is 12.1. The molecule has 1 aromatic carbocycles. The predicted octanol–water partition coefficient (Wildman–Crippen LogP) is 2.97. The van der Waals surface area contributed by atoms with E-state index in [1.807, 2.05) is 30.5 Å². The van der Waals surface area contributed by atoms with Gasteiger partial charge in [-0.25, -0.2) is 4.98 Å². The van der Waals surface area contributed by atoms with Gasteiger partial charge in [-0.05, 0) is 74.8 Å². The molecule has 1 saturated carbocycles. The van der Waals surface area contributed by atoms with Crippen molar-refractivity contribution >= 4 is 17.6 Å². The first kappa shape index (κ1) is 21.9. The number of amides is 2. The second-order valence-corrected chi connectivity index (χ2v) is 9.87. The topological polar surface area (TPSA) is 99.8 Å². The number of aliphatic hydroxyl groups excluding tert-OH is 1. The molecule has 7 nitrogen and oxygen atoms in total. The van der Waals surface area contributed by atoms with E-state index in [4.69, 9.17) is 10.7 Å². The third-order valence-electron chi connectivity index (χ3n) is 7.78. The molecule has 0 radical (unpaired) electrons. The van der Waals surface area contributed by atoms with Gasteiger partial charge >= 0.3 is 0 Å². The number of aliphatic hydroxyl groups is 1. The summed E-state index contributed by atoms with van der Waals surface area (Å²) < 4.78 is 0. The number of benzene rings is 1. The molecule has 0 bridgehead atoms. The van der Waals surface area contributed by atoms with Crippen molar-refractivity contribution in [2.75, 3.05) is 24.5 Å². The van der Waals surface area contributed by atoms with Gasteiger partial charge in [-0.1, -0.05) is 12.1 Å². The van der Waals surface area contributed by atoms with Crippen LogP contribution in [0.15, 0.2) is 42.6 Å². The van der Waals surface area contributed by atoms with Crippen molar-refractivity contribution in [1.82, 2.24) is 9.88 Å². The van der Waals surface area contributed by atoms with E-state index in [2.05, 4.69) is 9.80 Å². The number of rotatable bonds is 4. The van der Waals surface area contributed by atoms with Gasteiger partial charge in [0, 0.05) is 43.0 Å². The highest BCUT2D eigenvalue weighted by molar-refractivity contribution is 5.94. The van der Waals surface area contributed by atoms with Crippen molar-refractivity contribution in [2.24, 2.45) is 11.1 Å². The molecule has 2 amide bonds. The molecule has 3 aliphatic rings. The molecule has 0 unspecified atom stereocenters. The Morgan fingerprint density at radius 1 is 1.06 bits per heavy atom. The van der Waals surface area contributed by atoms with Crippen LogP contribution in [-0.2, 0) is 4.79 Å². The van der Waals surface area contributed by atoms with Gasteiger partial charge in [0.15, 0.2) is 0 Å². The van der Waals surface area contributed by atoms with E-state index in [0.29, 0.717) is 18.0 Å². The lowest BCUT2D eigenvalue weighted by Crippen LogP contribution is -2.50. The molecule has 1 atom stereocenters. The molecule has 3 heterocycles. The smallest absolute Gasteiger partial charge is 0.248 e. The van der Waals surface area contributed by atoms with Crippen LogP contribution in [0.4, 0.5) is 5.82 Å². The number of carbonyl (C=O) groups is 2. The van der Waals surface area contributed by atoms with Crippen LogP contribution in [0.1, 0.15) is 55.3 Å². The fourth-order valence-electron chi connectivity index (χ4n) is 5.87. The Hall–Kier alpha value is -2.93. The monoisotopic (exact) mass is 448 g/mol. The maximum atomic E-state index is 13.5. The van der Waals surface area contributed by atoms with Crippen LogP contribution in [-0.4, -0.2) is 58.6 Å².